The third-order valence-electron chi connectivity index (χ3n) is 5.88. The summed E-state index contributed by atoms with van der Waals surface area (Å²) in [5.74, 6) is 0. The molecule has 0 spiro atoms. The Balaban J connectivity index is 1.39. The standard InChI is InChI=1S/C28H18N2S3/c1-5-13-23-19(9-1)29(20-10-2-6-14-24(20)31-23)27-17-18-28(33-27)30-21-11-3-7-15-25(21)32-26-16-8-4-12-22(26)30/h1-18H. The zero-order chi connectivity index (χ0) is 21.8. The van der Waals surface area contributed by atoms with Crippen LogP contribution in [0.4, 0.5) is 32.8 Å². The molecule has 0 aliphatic carbocycles. The van der Waals surface area contributed by atoms with E-state index in [0.717, 1.165) is 0 Å². The van der Waals surface area contributed by atoms with Gasteiger partial charge < -0.3 is 0 Å². The molecule has 0 amide bonds. The number of para-hydroxylation sites is 4. The topological polar surface area (TPSA) is 6.48 Å². The summed E-state index contributed by atoms with van der Waals surface area (Å²) in [5.41, 5.74) is 4.96. The molecule has 5 heteroatoms. The average molecular weight is 479 g/mol. The Morgan fingerprint density at radius 2 is 0.667 bits per heavy atom. The highest BCUT2D eigenvalue weighted by atomic mass is 32.2. The summed E-state index contributed by atoms with van der Waals surface area (Å²) in [5, 5.41) is 2.44. The molecule has 33 heavy (non-hydrogen) atoms. The lowest BCUT2D eigenvalue weighted by molar-refractivity contribution is 1.18. The number of anilines is 6. The first kappa shape index (κ1) is 19.4. The molecule has 0 radical (unpaired) electrons. The molecule has 0 fully saturated rings. The normalized spacial score (nSPS) is 13.7. The minimum atomic E-state index is 1.22. The van der Waals surface area contributed by atoms with E-state index in [1.807, 2.05) is 34.9 Å². The zero-order valence-corrected chi connectivity index (χ0v) is 20.0. The number of benzene rings is 4. The SMILES string of the molecule is c1ccc2c(c1)Sc1ccccc1N2c1ccc(N2c3ccccc3Sc3ccccc32)s1. The fraction of sp³-hybridized carbons (Fsp3) is 0. The highest BCUT2D eigenvalue weighted by Crippen LogP contribution is 2.56. The van der Waals surface area contributed by atoms with E-state index in [-0.39, 0.29) is 0 Å². The van der Waals surface area contributed by atoms with Gasteiger partial charge in [0.25, 0.3) is 0 Å². The first-order valence-corrected chi connectivity index (χ1v) is 13.2. The minimum Gasteiger partial charge on any atom is -0.300 e. The van der Waals surface area contributed by atoms with Gasteiger partial charge in [0.2, 0.25) is 0 Å². The molecule has 4 aromatic carbocycles. The largest absolute Gasteiger partial charge is 0.300 e. The first-order chi connectivity index (χ1) is 16.4. The first-order valence-electron chi connectivity index (χ1n) is 10.8. The molecule has 3 heterocycles. The second-order valence-electron chi connectivity index (χ2n) is 7.86. The summed E-state index contributed by atoms with van der Waals surface area (Å²) in [6.07, 6.45) is 0. The smallest absolute Gasteiger partial charge is 0.102 e. The van der Waals surface area contributed by atoms with E-state index in [1.54, 1.807) is 0 Å². The van der Waals surface area contributed by atoms with Crippen molar-refractivity contribution in [3.8, 4) is 0 Å². The highest BCUT2D eigenvalue weighted by molar-refractivity contribution is 8.00. The van der Waals surface area contributed by atoms with Gasteiger partial charge in [-0.3, -0.25) is 9.80 Å². The molecular weight excluding hydrogens is 461 g/mol. The predicted octanol–water partition coefficient (Wildman–Crippen LogP) is 9.62. The Morgan fingerprint density at radius 1 is 0.364 bits per heavy atom. The van der Waals surface area contributed by atoms with Gasteiger partial charge in [0.05, 0.1) is 22.7 Å². The van der Waals surface area contributed by atoms with E-state index in [9.17, 15) is 0 Å². The second kappa shape index (κ2) is 7.73. The third-order valence-corrected chi connectivity index (χ3v) is 9.20. The maximum atomic E-state index is 2.41. The van der Waals surface area contributed by atoms with Crippen LogP contribution in [0.5, 0.6) is 0 Å². The Bertz CT molecular complexity index is 1300. The van der Waals surface area contributed by atoms with Crippen LogP contribution in [0.15, 0.2) is 129 Å². The third kappa shape index (κ3) is 3.11. The summed E-state index contributed by atoms with van der Waals surface area (Å²) in [4.78, 5) is 9.97. The summed E-state index contributed by atoms with van der Waals surface area (Å²) >= 11 is 5.53. The monoisotopic (exact) mass is 478 g/mol. The molecule has 0 atom stereocenters. The van der Waals surface area contributed by atoms with Gasteiger partial charge in [0, 0.05) is 19.6 Å². The fourth-order valence-corrected chi connectivity index (χ4v) is 7.62. The quantitative estimate of drug-likeness (QED) is 0.244. The van der Waals surface area contributed by atoms with Crippen LogP contribution in [-0.4, -0.2) is 0 Å². The van der Waals surface area contributed by atoms with Crippen molar-refractivity contribution in [1.29, 1.82) is 0 Å². The van der Waals surface area contributed by atoms with Crippen molar-refractivity contribution >= 4 is 67.6 Å². The van der Waals surface area contributed by atoms with Crippen molar-refractivity contribution in [3.05, 3.63) is 109 Å². The molecular formula is C28H18N2S3. The van der Waals surface area contributed by atoms with E-state index < -0.39 is 0 Å². The van der Waals surface area contributed by atoms with Crippen LogP contribution in [-0.2, 0) is 0 Å². The molecule has 0 N–H and O–H groups in total. The molecule has 2 nitrogen and oxygen atoms in total. The minimum absolute atomic E-state index is 1.22. The summed E-state index contributed by atoms with van der Waals surface area (Å²) in [6, 6.07) is 39.3. The van der Waals surface area contributed by atoms with Gasteiger partial charge in [-0.25, -0.2) is 0 Å². The van der Waals surface area contributed by atoms with Crippen molar-refractivity contribution < 1.29 is 0 Å². The van der Waals surface area contributed by atoms with Gasteiger partial charge in [-0.1, -0.05) is 83.4 Å². The Hall–Kier alpha value is -3.12. The maximum Gasteiger partial charge on any atom is 0.102 e. The van der Waals surface area contributed by atoms with E-state index in [0.29, 0.717) is 0 Å². The van der Waals surface area contributed by atoms with Gasteiger partial charge in [-0.05, 0) is 60.7 Å². The molecule has 0 saturated heterocycles. The molecule has 0 unspecified atom stereocenters. The maximum absolute atomic E-state index is 2.41. The lowest BCUT2D eigenvalue weighted by Crippen LogP contribution is -2.14. The van der Waals surface area contributed by atoms with Crippen LogP contribution in [0.3, 0.4) is 0 Å². The average Bonchev–Trinajstić information content (AvgIpc) is 3.35. The van der Waals surface area contributed by atoms with Crippen molar-refractivity contribution in [2.24, 2.45) is 0 Å². The summed E-state index contributed by atoms with van der Waals surface area (Å²) < 4.78 is 0. The molecule has 7 rings (SSSR count). The second-order valence-corrected chi connectivity index (χ2v) is 11.1. The molecule has 2 aliphatic rings. The molecule has 2 aliphatic heterocycles. The van der Waals surface area contributed by atoms with Gasteiger partial charge in [0.1, 0.15) is 10.0 Å². The fourth-order valence-electron chi connectivity index (χ4n) is 4.44. The van der Waals surface area contributed by atoms with E-state index in [1.165, 1.54) is 52.3 Å². The number of thiophene rings is 1. The van der Waals surface area contributed by atoms with Crippen molar-refractivity contribution in [2.45, 2.75) is 19.6 Å². The van der Waals surface area contributed by atoms with E-state index in [4.69, 9.17) is 0 Å². The number of fused-ring (bicyclic) bond motifs is 4. The molecule has 5 aromatic rings. The lowest BCUT2D eigenvalue weighted by atomic mass is 10.2. The molecule has 0 saturated carbocycles. The zero-order valence-electron chi connectivity index (χ0n) is 17.5. The number of rotatable bonds is 2. The van der Waals surface area contributed by atoms with E-state index in [2.05, 4.69) is 119 Å². The molecule has 158 valence electrons. The summed E-state index contributed by atoms with van der Waals surface area (Å²) in [6.45, 7) is 0. The lowest BCUT2D eigenvalue weighted by Gasteiger charge is -2.32. The Morgan fingerprint density at radius 3 is 1.00 bits per heavy atom. The van der Waals surface area contributed by atoms with Crippen LogP contribution < -0.4 is 9.80 Å². The van der Waals surface area contributed by atoms with Crippen LogP contribution in [0.25, 0.3) is 0 Å². The van der Waals surface area contributed by atoms with Crippen LogP contribution in [0.2, 0.25) is 0 Å². The van der Waals surface area contributed by atoms with Crippen molar-refractivity contribution in [1.82, 2.24) is 0 Å². The van der Waals surface area contributed by atoms with Crippen LogP contribution >= 0.6 is 34.9 Å². The number of hydrogen-bond acceptors (Lipinski definition) is 5. The number of nitrogens with zero attached hydrogens (tertiary/aromatic N) is 2. The van der Waals surface area contributed by atoms with Gasteiger partial charge in [-0.15, -0.1) is 0 Å². The molecule has 1 aromatic heterocycles. The van der Waals surface area contributed by atoms with E-state index >= 15 is 0 Å². The highest BCUT2D eigenvalue weighted by Gasteiger charge is 2.28. The van der Waals surface area contributed by atoms with Crippen molar-refractivity contribution in [2.75, 3.05) is 9.80 Å². The van der Waals surface area contributed by atoms with Gasteiger partial charge in [-0.2, -0.15) is 0 Å². The summed E-state index contributed by atoms with van der Waals surface area (Å²) in [7, 11) is 0. The number of hydrogen-bond donors (Lipinski definition) is 0. The van der Waals surface area contributed by atoms with Crippen LogP contribution in [0, 0.1) is 0 Å². The molecule has 0 bridgehead atoms. The Labute approximate surface area is 205 Å². The van der Waals surface area contributed by atoms with Gasteiger partial charge >= 0.3 is 0 Å². The van der Waals surface area contributed by atoms with Gasteiger partial charge in [0.15, 0.2) is 0 Å². The van der Waals surface area contributed by atoms with Crippen molar-refractivity contribution in [3.63, 3.8) is 0 Å². The Kier molecular flexibility index (Phi) is 4.54. The van der Waals surface area contributed by atoms with Crippen LogP contribution in [0.1, 0.15) is 0 Å². The predicted molar refractivity (Wildman–Crippen MR) is 142 cm³/mol.